The van der Waals surface area contributed by atoms with Crippen molar-refractivity contribution in [2.75, 3.05) is 10.6 Å². The number of aromatic nitrogens is 3. The van der Waals surface area contributed by atoms with Crippen LogP contribution < -0.4 is 10.6 Å². The number of nitrogens with one attached hydrogen (secondary N) is 2. The van der Waals surface area contributed by atoms with Crippen molar-refractivity contribution < 1.29 is 4.39 Å². The lowest BCUT2D eigenvalue weighted by molar-refractivity contribution is 0.626. The molecule has 0 saturated heterocycles. The Bertz CT molecular complexity index is 858. The van der Waals surface area contributed by atoms with Gasteiger partial charge in [0.05, 0.1) is 5.69 Å². The monoisotopic (exact) mass is 351 g/mol. The van der Waals surface area contributed by atoms with Crippen molar-refractivity contribution >= 4 is 11.8 Å². The van der Waals surface area contributed by atoms with Gasteiger partial charge in [-0.2, -0.15) is 4.98 Å². The standard InChI is InChI=1S/C20H22FN5/c1-20(2,3)26-19-24-17(15-5-4-10-22-13-15)11-18(25-19)23-12-14-6-8-16(21)9-7-14/h4-11,13H,12H2,1-3H3,(H2,23,24,25,26). The lowest BCUT2D eigenvalue weighted by Crippen LogP contribution is -2.27. The second kappa shape index (κ2) is 7.47. The molecule has 2 N–H and O–H groups in total. The average molecular weight is 351 g/mol. The molecule has 2 heterocycles. The molecule has 3 aromatic rings. The molecular weight excluding hydrogens is 329 g/mol. The molecule has 134 valence electrons. The van der Waals surface area contributed by atoms with Crippen LogP contribution in [0.25, 0.3) is 11.3 Å². The minimum atomic E-state index is -0.244. The van der Waals surface area contributed by atoms with Crippen molar-refractivity contribution in [1.82, 2.24) is 15.0 Å². The molecule has 0 amide bonds. The average Bonchev–Trinajstić information content (AvgIpc) is 2.60. The SMILES string of the molecule is CC(C)(C)Nc1nc(NCc2ccc(F)cc2)cc(-c2cccnc2)n1. The Morgan fingerprint density at radius 3 is 2.46 bits per heavy atom. The van der Waals surface area contributed by atoms with Gasteiger partial charge in [0, 0.05) is 36.1 Å². The van der Waals surface area contributed by atoms with E-state index in [-0.39, 0.29) is 11.4 Å². The first-order valence-electron chi connectivity index (χ1n) is 8.45. The van der Waals surface area contributed by atoms with Crippen molar-refractivity contribution in [3.8, 4) is 11.3 Å². The highest BCUT2D eigenvalue weighted by molar-refractivity contribution is 5.63. The van der Waals surface area contributed by atoms with Crippen LogP contribution in [0.5, 0.6) is 0 Å². The number of hydrogen-bond acceptors (Lipinski definition) is 5. The first kappa shape index (κ1) is 17.8. The van der Waals surface area contributed by atoms with Gasteiger partial charge in [0.1, 0.15) is 11.6 Å². The lowest BCUT2D eigenvalue weighted by atomic mass is 10.1. The Hall–Kier alpha value is -3.02. The van der Waals surface area contributed by atoms with Crippen LogP contribution in [0.15, 0.2) is 54.9 Å². The largest absolute Gasteiger partial charge is 0.366 e. The second-order valence-electron chi connectivity index (χ2n) is 7.06. The molecule has 2 aromatic heterocycles. The zero-order chi connectivity index (χ0) is 18.6. The molecule has 0 aliphatic carbocycles. The third kappa shape index (κ3) is 4.99. The number of hydrogen-bond donors (Lipinski definition) is 2. The molecular formula is C20H22FN5. The van der Waals surface area contributed by atoms with Gasteiger partial charge in [0.2, 0.25) is 5.95 Å². The molecule has 1 aromatic carbocycles. The minimum absolute atomic E-state index is 0.165. The molecule has 6 heteroatoms. The molecule has 0 radical (unpaired) electrons. The van der Waals surface area contributed by atoms with Crippen molar-refractivity contribution in [3.05, 3.63) is 66.2 Å². The second-order valence-corrected chi connectivity index (χ2v) is 7.06. The smallest absolute Gasteiger partial charge is 0.225 e. The van der Waals surface area contributed by atoms with Gasteiger partial charge in [-0.25, -0.2) is 9.37 Å². The van der Waals surface area contributed by atoms with Gasteiger partial charge in [-0.05, 0) is 50.6 Å². The van der Waals surface area contributed by atoms with Gasteiger partial charge >= 0.3 is 0 Å². The van der Waals surface area contributed by atoms with Crippen LogP contribution >= 0.6 is 0 Å². The van der Waals surface area contributed by atoms with E-state index >= 15 is 0 Å². The molecule has 0 spiro atoms. The minimum Gasteiger partial charge on any atom is -0.366 e. The fraction of sp³-hybridized carbons (Fsp3) is 0.250. The molecule has 0 fully saturated rings. The van der Waals surface area contributed by atoms with Gasteiger partial charge < -0.3 is 10.6 Å². The lowest BCUT2D eigenvalue weighted by Gasteiger charge is -2.21. The maximum Gasteiger partial charge on any atom is 0.225 e. The van der Waals surface area contributed by atoms with Gasteiger partial charge in [-0.1, -0.05) is 12.1 Å². The summed E-state index contributed by atoms with van der Waals surface area (Å²) in [5.41, 5.74) is 2.50. The Labute approximate surface area is 152 Å². The van der Waals surface area contributed by atoms with E-state index in [1.807, 2.05) is 18.2 Å². The molecule has 5 nitrogen and oxygen atoms in total. The van der Waals surface area contributed by atoms with Crippen molar-refractivity contribution in [1.29, 1.82) is 0 Å². The fourth-order valence-electron chi connectivity index (χ4n) is 2.39. The summed E-state index contributed by atoms with van der Waals surface area (Å²) >= 11 is 0. The number of rotatable bonds is 5. The topological polar surface area (TPSA) is 62.7 Å². The summed E-state index contributed by atoms with van der Waals surface area (Å²) in [5, 5.41) is 6.59. The molecule has 0 saturated carbocycles. The van der Waals surface area contributed by atoms with Crippen LogP contribution in [0.2, 0.25) is 0 Å². The molecule has 3 rings (SSSR count). The van der Waals surface area contributed by atoms with Crippen LogP contribution in [0, 0.1) is 5.82 Å². The quantitative estimate of drug-likeness (QED) is 0.709. The highest BCUT2D eigenvalue weighted by Gasteiger charge is 2.14. The first-order chi connectivity index (χ1) is 12.4. The summed E-state index contributed by atoms with van der Waals surface area (Å²) in [6, 6.07) is 12.1. The van der Waals surface area contributed by atoms with Gasteiger partial charge in [-0.3, -0.25) is 4.98 Å². The molecule has 0 bridgehead atoms. The molecule has 0 aliphatic rings. The Balaban J connectivity index is 1.87. The van der Waals surface area contributed by atoms with E-state index in [0.29, 0.717) is 18.3 Å². The predicted octanol–water partition coefficient (Wildman–Crippen LogP) is 4.50. The third-order valence-electron chi connectivity index (χ3n) is 3.56. The van der Waals surface area contributed by atoms with E-state index < -0.39 is 0 Å². The van der Waals surface area contributed by atoms with Crippen molar-refractivity contribution in [3.63, 3.8) is 0 Å². The fourth-order valence-corrected chi connectivity index (χ4v) is 2.39. The summed E-state index contributed by atoms with van der Waals surface area (Å²) in [5.74, 6) is 0.988. The molecule has 0 atom stereocenters. The number of pyridine rings is 1. The summed E-state index contributed by atoms with van der Waals surface area (Å²) in [4.78, 5) is 13.3. The van der Waals surface area contributed by atoms with E-state index in [2.05, 4.69) is 46.4 Å². The van der Waals surface area contributed by atoms with Crippen LogP contribution in [0.1, 0.15) is 26.3 Å². The number of halogens is 1. The zero-order valence-electron chi connectivity index (χ0n) is 15.1. The van der Waals surface area contributed by atoms with Crippen LogP contribution in [0.3, 0.4) is 0 Å². The highest BCUT2D eigenvalue weighted by atomic mass is 19.1. The van der Waals surface area contributed by atoms with E-state index in [1.165, 1.54) is 12.1 Å². The normalized spacial score (nSPS) is 11.2. The van der Waals surface area contributed by atoms with Crippen LogP contribution in [-0.2, 0) is 6.54 Å². The number of nitrogens with zero attached hydrogens (tertiary/aromatic N) is 3. The third-order valence-corrected chi connectivity index (χ3v) is 3.56. The number of anilines is 2. The van der Waals surface area contributed by atoms with Gasteiger partial charge in [-0.15, -0.1) is 0 Å². The highest BCUT2D eigenvalue weighted by Crippen LogP contribution is 2.22. The maximum absolute atomic E-state index is 13.0. The Morgan fingerprint density at radius 2 is 1.81 bits per heavy atom. The Morgan fingerprint density at radius 1 is 1.04 bits per heavy atom. The van der Waals surface area contributed by atoms with Gasteiger partial charge in [0.15, 0.2) is 0 Å². The first-order valence-corrected chi connectivity index (χ1v) is 8.45. The maximum atomic E-state index is 13.0. The molecule has 26 heavy (non-hydrogen) atoms. The van der Waals surface area contributed by atoms with E-state index in [0.717, 1.165) is 16.8 Å². The summed E-state index contributed by atoms with van der Waals surface area (Å²) < 4.78 is 13.0. The number of benzene rings is 1. The molecule has 0 unspecified atom stereocenters. The van der Waals surface area contributed by atoms with Crippen LogP contribution in [-0.4, -0.2) is 20.5 Å². The zero-order valence-corrected chi connectivity index (χ0v) is 15.1. The Kier molecular flexibility index (Phi) is 5.11. The van der Waals surface area contributed by atoms with E-state index in [9.17, 15) is 4.39 Å². The van der Waals surface area contributed by atoms with E-state index in [4.69, 9.17) is 0 Å². The van der Waals surface area contributed by atoms with E-state index in [1.54, 1.807) is 24.5 Å². The summed E-state index contributed by atoms with van der Waals surface area (Å²) in [6.07, 6.45) is 3.50. The molecule has 0 aliphatic heterocycles. The van der Waals surface area contributed by atoms with Crippen LogP contribution in [0.4, 0.5) is 16.2 Å². The summed E-state index contributed by atoms with van der Waals surface area (Å²) in [7, 11) is 0. The van der Waals surface area contributed by atoms with Gasteiger partial charge in [0.25, 0.3) is 0 Å². The predicted molar refractivity (Wildman–Crippen MR) is 102 cm³/mol. The van der Waals surface area contributed by atoms with Crippen molar-refractivity contribution in [2.24, 2.45) is 0 Å². The summed E-state index contributed by atoms with van der Waals surface area (Å²) in [6.45, 7) is 6.70. The van der Waals surface area contributed by atoms with Crippen molar-refractivity contribution in [2.45, 2.75) is 32.9 Å².